The average molecular weight is 301 g/mol. The van der Waals surface area contributed by atoms with E-state index in [1.807, 2.05) is 24.0 Å². The van der Waals surface area contributed by atoms with Gasteiger partial charge in [-0.05, 0) is 24.5 Å². The minimum Gasteiger partial charge on any atom is -0.363 e. The summed E-state index contributed by atoms with van der Waals surface area (Å²) in [5, 5.41) is 8.30. The van der Waals surface area contributed by atoms with Crippen molar-refractivity contribution in [3.8, 4) is 0 Å². The smallest absolute Gasteiger partial charge is 0.130 e. The molecule has 1 atom stereocenters. The first kappa shape index (κ1) is 16.5. The number of hydrogen-bond donors (Lipinski definition) is 1. The molecule has 0 aliphatic rings. The van der Waals surface area contributed by atoms with Crippen molar-refractivity contribution in [1.82, 2.24) is 20.1 Å². The van der Waals surface area contributed by atoms with E-state index in [0.29, 0.717) is 5.92 Å². The second kappa shape index (κ2) is 6.92. The summed E-state index contributed by atoms with van der Waals surface area (Å²) in [6.45, 7) is 7.34. The molecule has 2 aromatic rings. The molecule has 0 saturated carbocycles. The molecule has 0 aromatic carbocycles. The van der Waals surface area contributed by atoms with Gasteiger partial charge in [-0.15, -0.1) is 0 Å². The monoisotopic (exact) mass is 301 g/mol. The Hall–Kier alpha value is -1.88. The van der Waals surface area contributed by atoms with Crippen molar-refractivity contribution >= 4 is 5.82 Å². The van der Waals surface area contributed by atoms with E-state index in [1.165, 1.54) is 11.1 Å². The molecule has 0 aliphatic heterocycles. The van der Waals surface area contributed by atoms with Crippen LogP contribution in [0.15, 0.2) is 24.5 Å². The highest BCUT2D eigenvalue weighted by atomic mass is 15.4. The quantitative estimate of drug-likeness (QED) is 0.891. The Balaban J connectivity index is 2.21. The number of nitrogens with one attached hydrogen (secondary N) is 1. The molecule has 0 fully saturated rings. The second-order valence-corrected chi connectivity index (χ2v) is 6.25. The van der Waals surface area contributed by atoms with Gasteiger partial charge in [0, 0.05) is 51.7 Å². The molecule has 0 radical (unpaired) electrons. The minimum atomic E-state index is 0.254. The lowest BCUT2D eigenvalue weighted by atomic mass is 10.0. The van der Waals surface area contributed by atoms with Crippen LogP contribution in [0.2, 0.25) is 0 Å². The maximum Gasteiger partial charge on any atom is 0.130 e. The van der Waals surface area contributed by atoms with Crippen LogP contribution in [-0.4, -0.2) is 28.9 Å². The number of hydrogen-bond acceptors (Lipinski definition) is 4. The van der Waals surface area contributed by atoms with Crippen LogP contribution in [0, 0.1) is 0 Å². The highest BCUT2D eigenvalue weighted by Crippen LogP contribution is 2.27. The number of rotatable bonds is 6. The minimum absolute atomic E-state index is 0.254. The van der Waals surface area contributed by atoms with E-state index in [4.69, 9.17) is 5.10 Å². The van der Waals surface area contributed by atoms with Gasteiger partial charge in [-0.1, -0.05) is 19.9 Å². The van der Waals surface area contributed by atoms with Crippen molar-refractivity contribution in [2.24, 2.45) is 7.05 Å². The molecule has 120 valence electrons. The van der Waals surface area contributed by atoms with Gasteiger partial charge in [0.25, 0.3) is 0 Å². The Morgan fingerprint density at radius 2 is 2.00 bits per heavy atom. The van der Waals surface area contributed by atoms with Gasteiger partial charge in [-0.25, -0.2) is 0 Å². The van der Waals surface area contributed by atoms with Gasteiger partial charge >= 0.3 is 0 Å². The van der Waals surface area contributed by atoms with Crippen LogP contribution in [0.1, 0.15) is 49.6 Å². The van der Waals surface area contributed by atoms with Crippen LogP contribution in [0.3, 0.4) is 0 Å². The molecule has 2 heterocycles. The lowest BCUT2D eigenvalue weighted by Gasteiger charge is -2.19. The van der Waals surface area contributed by atoms with Crippen LogP contribution in [0.25, 0.3) is 0 Å². The maximum atomic E-state index is 4.70. The topological polar surface area (TPSA) is 46.0 Å². The fourth-order valence-electron chi connectivity index (χ4n) is 2.78. The summed E-state index contributed by atoms with van der Waals surface area (Å²) in [4.78, 5) is 6.32. The average Bonchev–Trinajstić information content (AvgIpc) is 2.82. The van der Waals surface area contributed by atoms with E-state index in [1.54, 1.807) is 6.20 Å². The van der Waals surface area contributed by atoms with E-state index in [-0.39, 0.29) is 6.04 Å². The van der Waals surface area contributed by atoms with Gasteiger partial charge in [-0.3, -0.25) is 9.67 Å². The maximum absolute atomic E-state index is 4.70. The Morgan fingerprint density at radius 1 is 1.27 bits per heavy atom. The number of nitrogens with zero attached hydrogens (tertiary/aromatic N) is 4. The first-order valence-electron chi connectivity index (χ1n) is 7.78. The molecule has 0 spiro atoms. The summed E-state index contributed by atoms with van der Waals surface area (Å²) in [6.07, 6.45) is 3.72. The van der Waals surface area contributed by atoms with E-state index < -0.39 is 0 Å². The van der Waals surface area contributed by atoms with E-state index in [2.05, 4.69) is 56.1 Å². The van der Waals surface area contributed by atoms with E-state index >= 15 is 0 Å². The number of pyridine rings is 1. The van der Waals surface area contributed by atoms with Crippen molar-refractivity contribution in [3.05, 3.63) is 41.3 Å². The normalized spacial score (nSPS) is 12.7. The highest BCUT2D eigenvalue weighted by Gasteiger charge is 2.20. The largest absolute Gasteiger partial charge is 0.363 e. The fourth-order valence-corrected chi connectivity index (χ4v) is 2.78. The van der Waals surface area contributed by atoms with Crippen LogP contribution in [0.4, 0.5) is 5.82 Å². The molecule has 0 bridgehead atoms. The summed E-state index contributed by atoms with van der Waals surface area (Å²) >= 11 is 0. The van der Waals surface area contributed by atoms with E-state index in [9.17, 15) is 0 Å². The first-order chi connectivity index (χ1) is 10.4. The molecule has 2 aromatic heterocycles. The number of anilines is 1. The first-order valence-corrected chi connectivity index (χ1v) is 7.78. The number of aromatic nitrogens is 3. The molecule has 5 heteroatoms. The fraction of sp³-hybridized carbons (Fsp3) is 0.529. The summed E-state index contributed by atoms with van der Waals surface area (Å²) in [5.41, 5.74) is 3.64. The zero-order valence-electron chi connectivity index (χ0n) is 14.5. The molecule has 0 amide bonds. The summed E-state index contributed by atoms with van der Waals surface area (Å²) < 4.78 is 1.97. The lowest BCUT2D eigenvalue weighted by Crippen LogP contribution is -2.21. The van der Waals surface area contributed by atoms with Gasteiger partial charge in [0.05, 0.1) is 5.69 Å². The van der Waals surface area contributed by atoms with Crippen LogP contribution < -0.4 is 10.2 Å². The molecule has 0 saturated heterocycles. The zero-order chi connectivity index (χ0) is 16.3. The second-order valence-electron chi connectivity index (χ2n) is 6.25. The molecule has 22 heavy (non-hydrogen) atoms. The van der Waals surface area contributed by atoms with Crippen molar-refractivity contribution in [2.45, 2.75) is 39.3 Å². The number of aryl methyl sites for hydroxylation is 1. The van der Waals surface area contributed by atoms with Gasteiger partial charge in [-0.2, -0.15) is 5.10 Å². The predicted octanol–water partition coefficient (Wildman–Crippen LogP) is 2.86. The third-order valence-corrected chi connectivity index (χ3v) is 3.88. The summed E-state index contributed by atoms with van der Waals surface area (Å²) in [7, 11) is 6.14. The molecular weight excluding hydrogens is 274 g/mol. The van der Waals surface area contributed by atoms with E-state index in [0.717, 1.165) is 18.1 Å². The van der Waals surface area contributed by atoms with Crippen molar-refractivity contribution < 1.29 is 0 Å². The molecule has 0 aliphatic carbocycles. The van der Waals surface area contributed by atoms with Crippen molar-refractivity contribution in [2.75, 3.05) is 19.0 Å². The summed E-state index contributed by atoms with van der Waals surface area (Å²) in [6, 6.07) is 4.33. The van der Waals surface area contributed by atoms with Crippen LogP contribution in [-0.2, 0) is 13.6 Å². The Morgan fingerprint density at radius 3 is 2.55 bits per heavy atom. The van der Waals surface area contributed by atoms with Gasteiger partial charge in [0.2, 0.25) is 0 Å². The standard InChI is InChI=1S/C17H27N5/c1-12(2)16-15(17(21(4)5)22(6)20-16)11-19-13(3)14-8-7-9-18-10-14/h7-10,12-13,19H,11H2,1-6H3/t13-/m1/s1. The Labute approximate surface area is 133 Å². The third kappa shape index (κ3) is 3.47. The Kier molecular flexibility index (Phi) is 5.19. The van der Waals surface area contributed by atoms with Crippen molar-refractivity contribution in [3.63, 3.8) is 0 Å². The SMILES string of the molecule is CC(C)c1nn(C)c(N(C)C)c1CN[C@H](C)c1cccnc1. The Bertz CT molecular complexity index is 601. The van der Waals surface area contributed by atoms with Gasteiger partial charge in [0.15, 0.2) is 0 Å². The lowest BCUT2D eigenvalue weighted by molar-refractivity contribution is 0.569. The van der Waals surface area contributed by atoms with Crippen molar-refractivity contribution in [1.29, 1.82) is 0 Å². The van der Waals surface area contributed by atoms with Gasteiger partial charge < -0.3 is 10.2 Å². The molecule has 0 unspecified atom stereocenters. The van der Waals surface area contributed by atoms with Crippen LogP contribution in [0.5, 0.6) is 0 Å². The molecule has 5 nitrogen and oxygen atoms in total. The summed E-state index contributed by atoms with van der Waals surface area (Å²) in [5.74, 6) is 1.57. The third-order valence-electron chi connectivity index (χ3n) is 3.88. The molecule has 2 rings (SSSR count). The molecular formula is C17H27N5. The van der Waals surface area contributed by atoms with Gasteiger partial charge in [0.1, 0.15) is 5.82 Å². The predicted molar refractivity (Wildman–Crippen MR) is 91.1 cm³/mol. The van der Waals surface area contributed by atoms with Crippen LogP contribution >= 0.6 is 0 Å². The molecule has 1 N–H and O–H groups in total. The highest BCUT2D eigenvalue weighted by molar-refractivity contribution is 5.50. The zero-order valence-corrected chi connectivity index (χ0v) is 14.5.